The third-order valence-corrected chi connectivity index (χ3v) is 6.13. The molecule has 0 radical (unpaired) electrons. The molecule has 0 bridgehead atoms. The second-order valence-corrected chi connectivity index (χ2v) is 7.98. The van der Waals surface area contributed by atoms with Crippen LogP contribution in [0.3, 0.4) is 0 Å². The quantitative estimate of drug-likeness (QED) is 0.708. The molecule has 4 amide bonds. The van der Waals surface area contributed by atoms with Gasteiger partial charge in [-0.15, -0.1) is 0 Å². The summed E-state index contributed by atoms with van der Waals surface area (Å²) in [6.45, 7) is 4.46. The molecule has 158 valence electrons. The standard InChI is InChI=1S/C22H30FN3O3/c1-3-5-13-22(16-9-11-17(23)12-10-16)20(28)26(21(29)24-22)15-19(27)25-14-7-6-8-18(25)4-2/h9-12,18H,3-8,13-15H2,1-2H3,(H,24,29)/t18-,22+/m1/s1. The SMILES string of the molecule is CCCC[C@@]1(c2ccc(F)cc2)NC(=O)N(CC(=O)N2CCCC[C@H]2CC)C1=O. The number of piperidine rings is 1. The highest BCUT2D eigenvalue weighted by atomic mass is 19.1. The predicted molar refractivity (Wildman–Crippen MR) is 107 cm³/mol. The Morgan fingerprint density at radius 1 is 1.21 bits per heavy atom. The fourth-order valence-electron chi connectivity index (χ4n) is 4.43. The van der Waals surface area contributed by atoms with E-state index >= 15 is 0 Å². The first-order valence-corrected chi connectivity index (χ1v) is 10.6. The monoisotopic (exact) mass is 403 g/mol. The molecule has 0 saturated carbocycles. The summed E-state index contributed by atoms with van der Waals surface area (Å²) < 4.78 is 13.4. The van der Waals surface area contributed by atoms with Crippen LogP contribution in [0.4, 0.5) is 9.18 Å². The number of amides is 4. The van der Waals surface area contributed by atoms with Gasteiger partial charge in [0.25, 0.3) is 5.91 Å². The van der Waals surface area contributed by atoms with E-state index in [4.69, 9.17) is 0 Å². The Hall–Kier alpha value is -2.44. The Kier molecular flexibility index (Phi) is 6.55. The van der Waals surface area contributed by atoms with Crippen LogP contribution >= 0.6 is 0 Å². The van der Waals surface area contributed by atoms with Crippen LogP contribution in [0.25, 0.3) is 0 Å². The molecule has 2 atom stereocenters. The van der Waals surface area contributed by atoms with E-state index < -0.39 is 23.3 Å². The van der Waals surface area contributed by atoms with E-state index in [0.717, 1.165) is 43.4 Å². The van der Waals surface area contributed by atoms with Gasteiger partial charge in [0.15, 0.2) is 0 Å². The summed E-state index contributed by atoms with van der Waals surface area (Å²) in [6.07, 6.45) is 5.83. The van der Waals surface area contributed by atoms with E-state index in [0.29, 0.717) is 18.5 Å². The lowest BCUT2D eigenvalue weighted by atomic mass is 9.84. The van der Waals surface area contributed by atoms with Crippen LogP contribution in [0.2, 0.25) is 0 Å². The first-order chi connectivity index (χ1) is 13.9. The van der Waals surface area contributed by atoms with Crippen molar-refractivity contribution in [1.82, 2.24) is 15.1 Å². The normalized spacial score (nSPS) is 24.7. The topological polar surface area (TPSA) is 69.7 Å². The Morgan fingerprint density at radius 3 is 2.59 bits per heavy atom. The maximum Gasteiger partial charge on any atom is 0.325 e. The van der Waals surface area contributed by atoms with Crippen LogP contribution in [-0.2, 0) is 15.1 Å². The molecule has 0 aromatic heterocycles. The number of unbranched alkanes of at least 4 members (excludes halogenated alkanes) is 1. The fourth-order valence-corrected chi connectivity index (χ4v) is 4.43. The number of benzene rings is 1. The number of rotatable bonds is 7. The van der Waals surface area contributed by atoms with E-state index in [9.17, 15) is 18.8 Å². The Balaban J connectivity index is 1.83. The molecule has 1 N–H and O–H groups in total. The molecule has 1 aromatic carbocycles. The fraction of sp³-hybridized carbons (Fsp3) is 0.591. The van der Waals surface area contributed by atoms with E-state index in [1.807, 2.05) is 18.7 Å². The van der Waals surface area contributed by atoms with Gasteiger partial charge in [0, 0.05) is 12.6 Å². The second kappa shape index (κ2) is 8.93. The molecule has 6 nitrogen and oxygen atoms in total. The zero-order valence-corrected chi connectivity index (χ0v) is 17.2. The van der Waals surface area contributed by atoms with Crippen molar-refractivity contribution in [2.75, 3.05) is 13.1 Å². The summed E-state index contributed by atoms with van der Waals surface area (Å²) in [5.74, 6) is -1.02. The third-order valence-electron chi connectivity index (χ3n) is 6.13. The Morgan fingerprint density at radius 2 is 1.93 bits per heavy atom. The Bertz CT molecular complexity index is 767. The number of imide groups is 1. The van der Waals surface area contributed by atoms with Crippen LogP contribution in [0, 0.1) is 5.82 Å². The average molecular weight is 403 g/mol. The van der Waals surface area contributed by atoms with Crippen molar-refractivity contribution < 1.29 is 18.8 Å². The smallest absolute Gasteiger partial charge is 0.325 e. The first-order valence-electron chi connectivity index (χ1n) is 10.6. The van der Waals surface area contributed by atoms with Gasteiger partial charge in [0.2, 0.25) is 5.91 Å². The lowest BCUT2D eigenvalue weighted by Gasteiger charge is -2.36. The van der Waals surface area contributed by atoms with Crippen molar-refractivity contribution in [1.29, 1.82) is 0 Å². The zero-order valence-electron chi connectivity index (χ0n) is 17.2. The highest BCUT2D eigenvalue weighted by molar-refractivity contribution is 6.09. The molecular weight excluding hydrogens is 373 g/mol. The first kappa shape index (κ1) is 21.3. The molecule has 2 fully saturated rings. The maximum absolute atomic E-state index is 13.4. The van der Waals surface area contributed by atoms with Crippen molar-refractivity contribution in [3.63, 3.8) is 0 Å². The van der Waals surface area contributed by atoms with Gasteiger partial charge >= 0.3 is 6.03 Å². The number of carbonyl (C=O) groups is 3. The van der Waals surface area contributed by atoms with Gasteiger partial charge in [-0.1, -0.05) is 38.8 Å². The molecule has 2 heterocycles. The molecule has 2 aliphatic rings. The van der Waals surface area contributed by atoms with Crippen molar-refractivity contribution in [3.05, 3.63) is 35.6 Å². The highest BCUT2D eigenvalue weighted by Crippen LogP contribution is 2.34. The number of nitrogens with zero attached hydrogens (tertiary/aromatic N) is 2. The van der Waals surface area contributed by atoms with Crippen molar-refractivity contribution in [2.45, 2.75) is 70.4 Å². The minimum atomic E-state index is -1.24. The maximum atomic E-state index is 13.4. The number of carbonyl (C=O) groups excluding carboxylic acids is 3. The number of urea groups is 1. The van der Waals surface area contributed by atoms with Crippen LogP contribution in [0.15, 0.2) is 24.3 Å². The molecule has 0 aliphatic carbocycles. The predicted octanol–water partition coefficient (Wildman–Crippen LogP) is 3.55. The Labute approximate surface area is 171 Å². The van der Waals surface area contributed by atoms with Crippen LogP contribution in [0.5, 0.6) is 0 Å². The molecule has 3 rings (SSSR count). The van der Waals surface area contributed by atoms with Crippen LogP contribution in [0.1, 0.15) is 64.4 Å². The average Bonchev–Trinajstić information content (AvgIpc) is 2.97. The summed E-state index contributed by atoms with van der Waals surface area (Å²) in [4.78, 5) is 41.9. The van der Waals surface area contributed by atoms with Crippen molar-refractivity contribution in [2.24, 2.45) is 0 Å². The molecule has 7 heteroatoms. The van der Waals surface area contributed by atoms with E-state index in [2.05, 4.69) is 5.32 Å². The summed E-state index contributed by atoms with van der Waals surface area (Å²) in [7, 11) is 0. The summed E-state index contributed by atoms with van der Waals surface area (Å²) in [6, 6.07) is 5.25. The number of halogens is 1. The van der Waals surface area contributed by atoms with E-state index in [-0.39, 0.29) is 18.5 Å². The highest BCUT2D eigenvalue weighted by Gasteiger charge is 2.52. The van der Waals surface area contributed by atoms with Gasteiger partial charge in [0.1, 0.15) is 17.9 Å². The van der Waals surface area contributed by atoms with Crippen molar-refractivity contribution >= 4 is 17.8 Å². The molecule has 1 aromatic rings. The third kappa shape index (κ3) is 4.14. The molecule has 0 unspecified atom stereocenters. The van der Waals surface area contributed by atoms with Gasteiger partial charge in [-0.05, 0) is 49.8 Å². The van der Waals surface area contributed by atoms with Gasteiger partial charge in [-0.3, -0.25) is 14.5 Å². The van der Waals surface area contributed by atoms with E-state index in [1.54, 1.807) is 0 Å². The minimum absolute atomic E-state index is 0.166. The molecule has 2 aliphatic heterocycles. The second-order valence-electron chi connectivity index (χ2n) is 7.98. The summed E-state index contributed by atoms with van der Waals surface area (Å²) in [5.41, 5.74) is -0.697. The summed E-state index contributed by atoms with van der Waals surface area (Å²) in [5, 5.41) is 2.82. The van der Waals surface area contributed by atoms with Gasteiger partial charge < -0.3 is 10.2 Å². The van der Waals surface area contributed by atoms with Gasteiger partial charge in [-0.25, -0.2) is 9.18 Å². The number of hydrogen-bond donors (Lipinski definition) is 1. The van der Waals surface area contributed by atoms with Gasteiger partial charge in [-0.2, -0.15) is 0 Å². The molecule has 29 heavy (non-hydrogen) atoms. The minimum Gasteiger partial charge on any atom is -0.338 e. The summed E-state index contributed by atoms with van der Waals surface area (Å²) >= 11 is 0. The van der Waals surface area contributed by atoms with Crippen LogP contribution in [-0.4, -0.2) is 46.8 Å². The largest absolute Gasteiger partial charge is 0.338 e. The zero-order chi connectivity index (χ0) is 21.0. The number of hydrogen-bond acceptors (Lipinski definition) is 3. The molecular formula is C22H30FN3O3. The molecule has 2 saturated heterocycles. The van der Waals surface area contributed by atoms with Gasteiger partial charge in [0.05, 0.1) is 0 Å². The molecule has 0 spiro atoms. The number of nitrogens with one attached hydrogen (secondary N) is 1. The van der Waals surface area contributed by atoms with E-state index in [1.165, 1.54) is 24.3 Å². The lowest BCUT2D eigenvalue weighted by Crippen LogP contribution is -2.49. The van der Waals surface area contributed by atoms with Crippen molar-refractivity contribution in [3.8, 4) is 0 Å². The lowest BCUT2D eigenvalue weighted by molar-refractivity contribution is -0.141. The van der Waals surface area contributed by atoms with Crippen LogP contribution < -0.4 is 5.32 Å². The number of likely N-dealkylation sites (tertiary alicyclic amines) is 1.